The van der Waals surface area contributed by atoms with E-state index >= 15 is 0 Å². The van der Waals surface area contributed by atoms with Gasteiger partial charge in [0, 0.05) is 6.21 Å². The Morgan fingerprint density at radius 1 is 1.54 bits per heavy atom. The van der Waals surface area contributed by atoms with Crippen LogP contribution in [0.25, 0.3) is 0 Å². The minimum absolute atomic E-state index is 0.172. The van der Waals surface area contributed by atoms with Crippen molar-refractivity contribution in [3.63, 3.8) is 0 Å². The normalized spacial score (nSPS) is 10.5. The number of hydrogen-bond acceptors (Lipinski definition) is 2. The van der Waals surface area contributed by atoms with Crippen LogP contribution in [0.5, 0.6) is 0 Å². The lowest BCUT2D eigenvalue weighted by Crippen LogP contribution is -1.99. The van der Waals surface area contributed by atoms with Crippen molar-refractivity contribution in [2.75, 3.05) is 6.54 Å². The van der Waals surface area contributed by atoms with Crippen molar-refractivity contribution < 1.29 is 9.90 Å². The zero-order valence-electron chi connectivity index (χ0n) is 7.40. The van der Waals surface area contributed by atoms with Gasteiger partial charge in [0.05, 0.1) is 0 Å². The molecular weight excluding hydrogens is 166 g/mol. The van der Waals surface area contributed by atoms with Gasteiger partial charge in [-0.05, 0) is 18.1 Å². The second kappa shape index (κ2) is 4.40. The van der Waals surface area contributed by atoms with E-state index in [4.69, 9.17) is 5.11 Å². The summed E-state index contributed by atoms with van der Waals surface area (Å²) in [5.41, 5.74) is 2.06. The van der Waals surface area contributed by atoms with E-state index in [1.54, 1.807) is 6.21 Å². The fourth-order valence-electron chi connectivity index (χ4n) is 0.954. The smallest absolute Gasteiger partial charge is 0.325 e. The monoisotopic (exact) mass is 177 g/mol. The van der Waals surface area contributed by atoms with Crippen molar-refractivity contribution in [3.05, 3.63) is 35.4 Å². The molecule has 1 aromatic carbocycles. The van der Waals surface area contributed by atoms with E-state index in [2.05, 4.69) is 4.99 Å². The zero-order valence-corrected chi connectivity index (χ0v) is 7.40. The van der Waals surface area contributed by atoms with E-state index in [0.29, 0.717) is 0 Å². The van der Waals surface area contributed by atoms with Crippen LogP contribution in [-0.2, 0) is 4.79 Å². The average Bonchev–Trinajstić information content (AvgIpc) is 2.08. The molecule has 0 radical (unpaired) electrons. The molecule has 68 valence electrons. The highest BCUT2D eigenvalue weighted by Gasteiger charge is 1.93. The third kappa shape index (κ3) is 3.07. The number of rotatable bonds is 3. The Bertz CT molecular complexity index is 331. The van der Waals surface area contributed by atoms with E-state index in [1.165, 1.54) is 0 Å². The molecule has 3 nitrogen and oxygen atoms in total. The molecule has 0 fully saturated rings. The van der Waals surface area contributed by atoms with Gasteiger partial charge in [0.15, 0.2) is 0 Å². The molecule has 0 saturated heterocycles. The van der Waals surface area contributed by atoms with Crippen LogP contribution in [0.2, 0.25) is 0 Å². The lowest BCUT2D eigenvalue weighted by Gasteiger charge is -1.96. The summed E-state index contributed by atoms with van der Waals surface area (Å²) in [6.07, 6.45) is 1.59. The van der Waals surface area contributed by atoms with Crippen LogP contribution in [0, 0.1) is 6.92 Å². The minimum atomic E-state index is -0.912. The average molecular weight is 177 g/mol. The molecule has 1 N–H and O–H groups in total. The standard InChI is InChI=1S/C10H11NO2/c1-8-4-2-3-5-9(8)6-11-7-10(12)13/h2-6H,7H2,1H3,(H,12,13). The summed E-state index contributed by atoms with van der Waals surface area (Å²) >= 11 is 0. The Balaban J connectivity index is 2.68. The summed E-state index contributed by atoms with van der Waals surface area (Å²) in [5.74, 6) is -0.912. The summed E-state index contributed by atoms with van der Waals surface area (Å²) in [6.45, 7) is 1.79. The topological polar surface area (TPSA) is 49.7 Å². The zero-order chi connectivity index (χ0) is 9.68. The molecule has 0 heterocycles. The summed E-state index contributed by atoms with van der Waals surface area (Å²) in [7, 11) is 0. The van der Waals surface area contributed by atoms with E-state index in [1.807, 2.05) is 31.2 Å². The van der Waals surface area contributed by atoms with Gasteiger partial charge >= 0.3 is 5.97 Å². The van der Waals surface area contributed by atoms with E-state index in [-0.39, 0.29) is 6.54 Å². The van der Waals surface area contributed by atoms with Crippen LogP contribution in [0.1, 0.15) is 11.1 Å². The van der Waals surface area contributed by atoms with Gasteiger partial charge in [0.2, 0.25) is 0 Å². The van der Waals surface area contributed by atoms with E-state index in [0.717, 1.165) is 11.1 Å². The number of hydrogen-bond donors (Lipinski definition) is 1. The molecule has 0 aliphatic carbocycles. The van der Waals surface area contributed by atoms with Gasteiger partial charge in [-0.1, -0.05) is 24.3 Å². The second-order valence-electron chi connectivity index (χ2n) is 2.72. The van der Waals surface area contributed by atoms with Crippen LogP contribution in [0.3, 0.4) is 0 Å². The molecular formula is C10H11NO2. The number of aliphatic imine (C=N–C) groups is 1. The van der Waals surface area contributed by atoms with E-state index in [9.17, 15) is 4.79 Å². The van der Waals surface area contributed by atoms with Gasteiger partial charge in [-0.2, -0.15) is 0 Å². The molecule has 0 unspecified atom stereocenters. The first-order valence-corrected chi connectivity index (χ1v) is 3.97. The van der Waals surface area contributed by atoms with Crippen LogP contribution in [0.15, 0.2) is 29.3 Å². The number of aryl methyl sites for hydroxylation is 1. The fraction of sp³-hybridized carbons (Fsp3) is 0.200. The predicted octanol–water partition coefficient (Wildman–Crippen LogP) is 1.50. The van der Waals surface area contributed by atoms with Crippen LogP contribution in [0.4, 0.5) is 0 Å². The first-order valence-electron chi connectivity index (χ1n) is 3.97. The largest absolute Gasteiger partial charge is 0.480 e. The van der Waals surface area contributed by atoms with Gasteiger partial charge in [-0.3, -0.25) is 9.79 Å². The molecule has 0 aliphatic rings. The maximum absolute atomic E-state index is 10.2. The number of carboxylic acid groups (broad SMARTS) is 1. The van der Waals surface area contributed by atoms with Crippen molar-refractivity contribution in [1.82, 2.24) is 0 Å². The van der Waals surface area contributed by atoms with Crippen LogP contribution >= 0.6 is 0 Å². The maximum atomic E-state index is 10.2. The van der Waals surface area contributed by atoms with Crippen LogP contribution in [-0.4, -0.2) is 23.8 Å². The first-order chi connectivity index (χ1) is 6.20. The molecule has 1 aromatic rings. The predicted molar refractivity (Wildman–Crippen MR) is 51.3 cm³/mol. The Labute approximate surface area is 76.7 Å². The number of carbonyl (C=O) groups is 1. The highest BCUT2D eigenvalue weighted by Crippen LogP contribution is 2.03. The third-order valence-corrected chi connectivity index (χ3v) is 1.65. The third-order valence-electron chi connectivity index (χ3n) is 1.65. The van der Waals surface area contributed by atoms with Gasteiger partial charge in [-0.15, -0.1) is 0 Å². The van der Waals surface area contributed by atoms with Gasteiger partial charge in [-0.25, -0.2) is 0 Å². The molecule has 3 heteroatoms. The highest BCUT2D eigenvalue weighted by molar-refractivity contribution is 5.83. The Morgan fingerprint density at radius 3 is 2.85 bits per heavy atom. The number of aliphatic carboxylic acids is 1. The molecule has 0 saturated carbocycles. The Morgan fingerprint density at radius 2 is 2.23 bits per heavy atom. The summed E-state index contributed by atoms with van der Waals surface area (Å²) in [4.78, 5) is 13.9. The fourth-order valence-corrected chi connectivity index (χ4v) is 0.954. The molecule has 0 aliphatic heterocycles. The van der Waals surface area contributed by atoms with Gasteiger partial charge in [0.1, 0.15) is 6.54 Å². The Kier molecular flexibility index (Phi) is 3.20. The SMILES string of the molecule is Cc1ccccc1C=NCC(=O)O. The van der Waals surface area contributed by atoms with Crippen LogP contribution < -0.4 is 0 Å². The van der Waals surface area contributed by atoms with E-state index < -0.39 is 5.97 Å². The summed E-state index contributed by atoms with van der Waals surface area (Å²) in [6, 6.07) is 7.70. The van der Waals surface area contributed by atoms with Crippen molar-refractivity contribution in [1.29, 1.82) is 0 Å². The number of nitrogens with zero attached hydrogens (tertiary/aromatic N) is 1. The summed E-state index contributed by atoms with van der Waals surface area (Å²) in [5, 5.41) is 8.35. The molecule has 0 bridgehead atoms. The Hall–Kier alpha value is -1.64. The van der Waals surface area contributed by atoms with Gasteiger partial charge in [0.25, 0.3) is 0 Å². The molecule has 13 heavy (non-hydrogen) atoms. The molecule has 0 atom stereocenters. The lowest BCUT2D eigenvalue weighted by atomic mass is 10.1. The lowest BCUT2D eigenvalue weighted by molar-refractivity contribution is -0.135. The maximum Gasteiger partial charge on any atom is 0.325 e. The quantitative estimate of drug-likeness (QED) is 0.711. The first kappa shape index (κ1) is 9.45. The minimum Gasteiger partial charge on any atom is -0.480 e. The molecule has 0 aromatic heterocycles. The number of carboxylic acids is 1. The molecule has 0 spiro atoms. The molecule has 0 amide bonds. The van der Waals surface area contributed by atoms with Crippen molar-refractivity contribution in [2.24, 2.45) is 4.99 Å². The van der Waals surface area contributed by atoms with Crippen molar-refractivity contribution in [3.8, 4) is 0 Å². The second-order valence-corrected chi connectivity index (χ2v) is 2.72. The highest BCUT2D eigenvalue weighted by atomic mass is 16.4. The van der Waals surface area contributed by atoms with Gasteiger partial charge < -0.3 is 5.11 Å². The van der Waals surface area contributed by atoms with Crippen molar-refractivity contribution in [2.45, 2.75) is 6.92 Å². The molecule has 1 rings (SSSR count). The van der Waals surface area contributed by atoms with Crippen molar-refractivity contribution >= 4 is 12.2 Å². The number of benzene rings is 1. The summed E-state index contributed by atoms with van der Waals surface area (Å²) < 4.78 is 0.